The summed E-state index contributed by atoms with van der Waals surface area (Å²) >= 11 is 0. The van der Waals surface area contributed by atoms with Crippen molar-refractivity contribution in [2.75, 3.05) is 13.2 Å². The van der Waals surface area contributed by atoms with Crippen LogP contribution in [0.5, 0.6) is 5.75 Å². The van der Waals surface area contributed by atoms with E-state index in [4.69, 9.17) is 10.5 Å². The molecule has 0 saturated heterocycles. The van der Waals surface area contributed by atoms with Crippen molar-refractivity contribution < 1.29 is 9.53 Å². The second-order valence-electron chi connectivity index (χ2n) is 4.71. The molecule has 0 heterocycles. The van der Waals surface area contributed by atoms with Gasteiger partial charge in [0.15, 0.2) is 0 Å². The van der Waals surface area contributed by atoms with Gasteiger partial charge < -0.3 is 15.8 Å². The third-order valence-electron chi connectivity index (χ3n) is 3.18. The second kappa shape index (κ2) is 5.87. The van der Waals surface area contributed by atoms with Crippen molar-refractivity contribution in [2.24, 2.45) is 5.73 Å². The number of aryl methyl sites for hydroxylation is 1. The summed E-state index contributed by atoms with van der Waals surface area (Å²) in [4.78, 5) is 11.5. The first-order valence-electron chi connectivity index (χ1n) is 6.14. The highest BCUT2D eigenvalue weighted by atomic mass is 16.5. The van der Waals surface area contributed by atoms with Gasteiger partial charge in [0.05, 0.1) is 0 Å². The number of hydrogen-bond donors (Lipinski definition) is 2. The molecule has 1 amide bonds. The standard InChI is InChI=1S/C14H22N2O2/c1-5-16-14(4,13(15)17)9-18-12-8-6-7-10(2)11(12)3/h6-8,16H,5,9H2,1-4H3,(H2,15,17). The Kier molecular flexibility index (Phi) is 4.73. The molecule has 1 aromatic carbocycles. The Bertz CT molecular complexity index is 432. The molecule has 4 heteroatoms. The van der Waals surface area contributed by atoms with E-state index in [1.165, 1.54) is 0 Å². The van der Waals surface area contributed by atoms with Gasteiger partial charge in [0.1, 0.15) is 17.9 Å². The summed E-state index contributed by atoms with van der Waals surface area (Å²) in [6.45, 7) is 8.60. The first-order chi connectivity index (χ1) is 8.40. The molecule has 0 aliphatic rings. The number of carbonyl (C=O) groups is 1. The van der Waals surface area contributed by atoms with Crippen LogP contribution < -0.4 is 15.8 Å². The summed E-state index contributed by atoms with van der Waals surface area (Å²) in [6, 6.07) is 5.86. The number of rotatable bonds is 6. The predicted molar refractivity (Wildman–Crippen MR) is 72.7 cm³/mol. The van der Waals surface area contributed by atoms with E-state index in [1.807, 2.05) is 39.0 Å². The highest BCUT2D eigenvalue weighted by molar-refractivity contribution is 5.84. The number of amides is 1. The van der Waals surface area contributed by atoms with Gasteiger partial charge in [0, 0.05) is 0 Å². The van der Waals surface area contributed by atoms with Gasteiger partial charge in [-0.05, 0) is 44.5 Å². The summed E-state index contributed by atoms with van der Waals surface area (Å²) in [5, 5.41) is 3.06. The van der Waals surface area contributed by atoms with Crippen molar-refractivity contribution in [2.45, 2.75) is 33.2 Å². The van der Waals surface area contributed by atoms with Gasteiger partial charge in [-0.3, -0.25) is 4.79 Å². The molecular formula is C14H22N2O2. The topological polar surface area (TPSA) is 64.3 Å². The van der Waals surface area contributed by atoms with Crippen molar-refractivity contribution in [3.63, 3.8) is 0 Å². The van der Waals surface area contributed by atoms with E-state index in [2.05, 4.69) is 5.32 Å². The van der Waals surface area contributed by atoms with Crippen LogP contribution in [0.3, 0.4) is 0 Å². The molecule has 0 aliphatic carbocycles. The summed E-state index contributed by atoms with van der Waals surface area (Å²) < 4.78 is 5.73. The van der Waals surface area contributed by atoms with E-state index in [0.717, 1.165) is 16.9 Å². The highest BCUT2D eigenvalue weighted by Crippen LogP contribution is 2.21. The molecule has 0 saturated carbocycles. The van der Waals surface area contributed by atoms with E-state index >= 15 is 0 Å². The van der Waals surface area contributed by atoms with Crippen LogP contribution in [0.25, 0.3) is 0 Å². The van der Waals surface area contributed by atoms with Gasteiger partial charge in [-0.2, -0.15) is 0 Å². The average molecular weight is 250 g/mol. The number of likely N-dealkylation sites (N-methyl/N-ethyl adjacent to an activating group) is 1. The third kappa shape index (κ3) is 3.23. The second-order valence-corrected chi connectivity index (χ2v) is 4.71. The quantitative estimate of drug-likeness (QED) is 0.805. The Morgan fingerprint density at radius 2 is 2.11 bits per heavy atom. The Balaban J connectivity index is 2.79. The molecule has 3 N–H and O–H groups in total. The van der Waals surface area contributed by atoms with Crippen molar-refractivity contribution in [1.29, 1.82) is 0 Å². The number of benzene rings is 1. The number of nitrogens with two attached hydrogens (primary N) is 1. The first kappa shape index (κ1) is 14.5. The van der Waals surface area contributed by atoms with Crippen molar-refractivity contribution in [3.05, 3.63) is 29.3 Å². The molecule has 1 atom stereocenters. The smallest absolute Gasteiger partial charge is 0.240 e. The minimum atomic E-state index is -0.842. The first-order valence-corrected chi connectivity index (χ1v) is 6.14. The third-order valence-corrected chi connectivity index (χ3v) is 3.18. The molecular weight excluding hydrogens is 228 g/mol. The SMILES string of the molecule is CCNC(C)(COc1cccc(C)c1C)C(N)=O. The van der Waals surface area contributed by atoms with Gasteiger partial charge in [-0.25, -0.2) is 0 Å². The fourth-order valence-corrected chi connectivity index (χ4v) is 1.70. The summed E-state index contributed by atoms with van der Waals surface area (Å²) in [5.74, 6) is 0.384. The minimum Gasteiger partial charge on any atom is -0.491 e. The minimum absolute atomic E-state index is 0.223. The van der Waals surface area contributed by atoms with Gasteiger partial charge >= 0.3 is 0 Å². The van der Waals surface area contributed by atoms with E-state index in [9.17, 15) is 4.79 Å². The number of ether oxygens (including phenoxy) is 1. The van der Waals surface area contributed by atoms with Crippen molar-refractivity contribution in [1.82, 2.24) is 5.32 Å². The zero-order valence-corrected chi connectivity index (χ0v) is 11.5. The maximum absolute atomic E-state index is 11.5. The predicted octanol–water partition coefficient (Wildman–Crippen LogP) is 1.54. The molecule has 1 rings (SSSR count). The molecule has 1 unspecified atom stereocenters. The lowest BCUT2D eigenvalue weighted by Gasteiger charge is -2.27. The summed E-state index contributed by atoms with van der Waals surface area (Å²) in [6.07, 6.45) is 0. The molecule has 0 bridgehead atoms. The monoisotopic (exact) mass is 250 g/mol. The lowest BCUT2D eigenvalue weighted by molar-refractivity contribution is -0.124. The highest BCUT2D eigenvalue weighted by Gasteiger charge is 2.31. The Morgan fingerprint density at radius 3 is 2.67 bits per heavy atom. The number of primary amides is 1. The van der Waals surface area contributed by atoms with Crippen LogP contribution in [0.4, 0.5) is 0 Å². The molecule has 0 aliphatic heterocycles. The zero-order chi connectivity index (χ0) is 13.8. The van der Waals surface area contributed by atoms with Gasteiger partial charge in [0.2, 0.25) is 5.91 Å². The van der Waals surface area contributed by atoms with Crippen LogP contribution in [0.2, 0.25) is 0 Å². The number of carbonyl (C=O) groups excluding carboxylic acids is 1. The lowest BCUT2D eigenvalue weighted by atomic mass is 10.0. The van der Waals surface area contributed by atoms with Gasteiger partial charge in [-0.15, -0.1) is 0 Å². The van der Waals surface area contributed by atoms with Crippen molar-refractivity contribution in [3.8, 4) is 5.75 Å². The molecule has 4 nitrogen and oxygen atoms in total. The maximum Gasteiger partial charge on any atom is 0.240 e. The number of nitrogens with one attached hydrogen (secondary N) is 1. The van der Waals surface area contributed by atoms with E-state index in [-0.39, 0.29) is 6.61 Å². The van der Waals surface area contributed by atoms with Gasteiger partial charge in [-0.1, -0.05) is 19.1 Å². The van der Waals surface area contributed by atoms with E-state index in [0.29, 0.717) is 6.54 Å². The Hall–Kier alpha value is -1.55. The molecule has 0 radical (unpaired) electrons. The van der Waals surface area contributed by atoms with Crippen LogP contribution in [-0.4, -0.2) is 24.6 Å². The van der Waals surface area contributed by atoms with Crippen molar-refractivity contribution >= 4 is 5.91 Å². The lowest BCUT2D eigenvalue weighted by Crippen LogP contribution is -2.57. The fourth-order valence-electron chi connectivity index (χ4n) is 1.70. The molecule has 100 valence electrons. The zero-order valence-electron chi connectivity index (χ0n) is 11.5. The van der Waals surface area contributed by atoms with Crippen LogP contribution in [0.1, 0.15) is 25.0 Å². The fraction of sp³-hybridized carbons (Fsp3) is 0.500. The molecule has 18 heavy (non-hydrogen) atoms. The molecule has 0 fully saturated rings. The van der Waals surface area contributed by atoms with E-state index in [1.54, 1.807) is 6.92 Å². The number of hydrogen-bond acceptors (Lipinski definition) is 3. The normalized spacial score (nSPS) is 14.0. The maximum atomic E-state index is 11.5. The van der Waals surface area contributed by atoms with Crippen LogP contribution in [0.15, 0.2) is 18.2 Å². The molecule has 1 aromatic rings. The average Bonchev–Trinajstić information content (AvgIpc) is 2.31. The molecule has 0 spiro atoms. The summed E-state index contributed by atoms with van der Waals surface area (Å²) in [5.41, 5.74) is 6.81. The Labute approximate surface area is 109 Å². The van der Waals surface area contributed by atoms with Crippen LogP contribution in [0, 0.1) is 13.8 Å². The van der Waals surface area contributed by atoms with E-state index < -0.39 is 11.4 Å². The summed E-state index contributed by atoms with van der Waals surface area (Å²) in [7, 11) is 0. The largest absolute Gasteiger partial charge is 0.491 e. The van der Waals surface area contributed by atoms with Crippen LogP contribution in [-0.2, 0) is 4.79 Å². The van der Waals surface area contributed by atoms with Crippen LogP contribution >= 0.6 is 0 Å². The molecule has 0 aromatic heterocycles. The Morgan fingerprint density at radius 1 is 1.44 bits per heavy atom. The van der Waals surface area contributed by atoms with Gasteiger partial charge in [0.25, 0.3) is 0 Å².